The molecule has 0 aliphatic rings. The van der Waals surface area contributed by atoms with Gasteiger partial charge in [0.25, 0.3) is 5.91 Å². The lowest BCUT2D eigenvalue weighted by Crippen LogP contribution is -2.11. The molecule has 0 saturated heterocycles. The lowest BCUT2D eigenvalue weighted by Gasteiger charge is -1.95. The summed E-state index contributed by atoms with van der Waals surface area (Å²) in [5.74, 6) is -0.742. The number of nitrogens with zero attached hydrogens (tertiary/aromatic N) is 3. The van der Waals surface area contributed by atoms with Crippen molar-refractivity contribution in [2.45, 2.75) is 0 Å². The van der Waals surface area contributed by atoms with Crippen LogP contribution in [0.4, 0.5) is 10.4 Å². The molecule has 20 heavy (non-hydrogen) atoms. The minimum atomic E-state index is -0.559. The molecule has 0 unspecified atom stereocenters. The van der Waals surface area contributed by atoms with Gasteiger partial charge in [0.1, 0.15) is 5.82 Å². The van der Waals surface area contributed by atoms with E-state index in [1.54, 1.807) is 0 Å². The van der Waals surface area contributed by atoms with Crippen LogP contribution in [0.25, 0.3) is 11.5 Å². The Bertz CT molecular complexity index is 722. The Morgan fingerprint density at radius 1 is 1.15 bits per heavy atom. The zero-order chi connectivity index (χ0) is 13.9. The van der Waals surface area contributed by atoms with Crippen molar-refractivity contribution in [1.29, 1.82) is 0 Å². The summed E-state index contributed by atoms with van der Waals surface area (Å²) >= 11 is 0. The molecular weight excluding hydrogens is 267 g/mol. The van der Waals surface area contributed by atoms with Gasteiger partial charge in [-0.2, -0.15) is 0 Å². The quantitative estimate of drug-likeness (QED) is 0.786. The van der Waals surface area contributed by atoms with Crippen LogP contribution < -0.4 is 5.32 Å². The van der Waals surface area contributed by atoms with Gasteiger partial charge in [0, 0.05) is 11.6 Å². The second-order valence-corrected chi connectivity index (χ2v) is 3.75. The Labute approximate surface area is 111 Å². The van der Waals surface area contributed by atoms with Crippen LogP contribution >= 0.6 is 0 Å². The highest BCUT2D eigenvalue weighted by Crippen LogP contribution is 2.20. The van der Waals surface area contributed by atoms with Crippen molar-refractivity contribution < 1.29 is 18.1 Å². The van der Waals surface area contributed by atoms with Gasteiger partial charge < -0.3 is 8.94 Å². The maximum atomic E-state index is 12.8. The summed E-state index contributed by atoms with van der Waals surface area (Å²) in [5.41, 5.74) is 0.541. The minimum absolute atomic E-state index is 0.0199. The molecule has 0 saturated carbocycles. The van der Waals surface area contributed by atoms with Gasteiger partial charge >= 0.3 is 6.01 Å². The topological polar surface area (TPSA) is 94.1 Å². The molecule has 8 heteroatoms. The SMILES string of the molecule is O=C(Nc1nnc(-c2ccc(F)cc2)o1)c1ccno1. The van der Waals surface area contributed by atoms with E-state index in [4.69, 9.17) is 4.42 Å². The van der Waals surface area contributed by atoms with Gasteiger partial charge in [-0.3, -0.25) is 10.1 Å². The number of hydrogen-bond acceptors (Lipinski definition) is 6. The summed E-state index contributed by atoms with van der Waals surface area (Å²) in [5, 5.41) is 13.2. The first-order valence-corrected chi connectivity index (χ1v) is 5.54. The summed E-state index contributed by atoms with van der Waals surface area (Å²) in [7, 11) is 0. The molecule has 2 heterocycles. The summed E-state index contributed by atoms with van der Waals surface area (Å²) in [4.78, 5) is 11.6. The Morgan fingerprint density at radius 2 is 1.95 bits per heavy atom. The maximum absolute atomic E-state index is 12.8. The first kappa shape index (κ1) is 12.0. The lowest BCUT2D eigenvalue weighted by molar-refractivity contribution is 0.0985. The normalized spacial score (nSPS) is 10.4. The Kier molecular flexibility index (Phi) is 2.96. The van der Waals surface area contributed by atoms with Crippen LogP contribution in [-0.2, 0) is 0 Å². The maximum Gasteiger partial charge on any atom is 0.322 e. The van der Waals surface area contributed by atoms with E-state index >= 15 is 0 Å². The smallest absolute Gasteiger partial charge is 0.322 e. The van der Waals surface area contributed by atoms with E-state index < -0.39 is 5.91 Å². The molecule has 0 fully saturated rings. The van der Waals surface area contributed by atoms with Crippen LogP contribution in [0, 0.1) is 5.82 Å². The highest BCUT2D eigenvalue weighted by Gasteiger charge is 2.15. The molecule has 3 rings (SSSR count). The number of amides is 1. The van der Waals surface area contributed by atoms with Gasteiger partial charge in [0.15, 0.2) is 0 Å². The molecular formula is C12H7FN4O3. The van der Waals surface area contributed by atoms with Crippen molar-refractivity contribution in [3.8, 4) is 11.5 Å². The highest BCUT2D eigenvalue weighted by molar-refractivity contribution is 6.00. The van der Waals surface area contributed by atoms with Crippen LogP contribution in [0.2, 0.25) is 0 Å². The fraction of sp³-hybridized carbons (Fsp3) is 0. The van der Waals surface area contributed by atoms with Crippen molar-refractivity contribution in [2.24, 2.45) is 0 Å². The number of benzene rings is 1. The van der Waals surface area contributed by atoms with Crippen LogP contribution in [0.15, 0.2) is 45.5 Å². The molecule has 7 nitrogen and oxygen atoms in total. The summed E-state index contributed by atoms with van der Waals surface area (Å²) in [6, 6.07) is 6.83. The Balaban J connectivity index is 1.77. The summed E-state index contributed by atoms with van der Waals surface area (Å²) < 4.78 is 22.7. The minimum Gasteiger partial charge on any atom is -0.403 e. The lowest BCUT2D eigenvalue weighted by atomic mass is 10.2. The largest absolute Gasteiger partial charge is 0.403 e. The van der Waals surface area contributed by atoms with Gasteiger partial charge in [0.2, 0.25) is 11.7 Å². The number of carbonyl (C=O) groups is 1. The number of hydrogen-bond donors (Lipinski definition) is 1. The molecule has 0 aliphatic carbocycles. The number of anilines is 1. The number of halogens is 1. The fourth-order valence-corrected chi connectivity index (χ4v) is 1.47. The molecule has 1 aromatic carbocycles. The third-order valence-corrected chi connectivity index (χ3v) is 2.40. The molecule has 2 aromatic heterocycles. The van der Waals surface area contributed by atoms with E-state index in [0.717, 1.165) is 0 Å². The monoisotopic (exact) mass is 274 g/mol. The first-order chi connectivity index (χ1) is 9.72. The second-order valence-electron chi connectivity index (χ2n) is 3.75. The van der Waals surface area contributed by atoms with E-state index in [1.165, 1.54) is 36.5 Å². The third-order valence-electron chi connectivity index (χ3n) is 2.40. The third kappa shape index (κ3) is 2.39. The van der Waals surface area contributed by atoms with E-state index in [0.29, 0.717) is 5.56 Å². The molecule has 0 bridgehead atoms. The molecule has 0 radical (unpaired) electrons. The standard InChI is InChI=1S/C12H7FN4O3/c13-8-3-1-7(2-4-8)11-16-17-12(19-11)15-10(18)9-5-6-14-20-9/h1-6H,(H,15,17,18). The predicted molar refractivity (Wildman–Crippen MR) is 64.1 cm³/mol. The zero-order valence-corrected chi connectivity index (χ0v) is 9.91. The average molecular weight is 274 g/mol. The second kappa shape index (κ2) is 4.92. The van der Waals surface area contributed by atoms with E-state index in [-0.39, 0.29) is 23.5 Å². The van der Waals surface area contributed by atoms with Gasteiger partial charge in [-0.1, -0.05) is 10.3 Å². The molecule has 1 amide bonds. The van der Waals surface area contributed by atoms with Crippen LogP contribution in [0.5, 0.6) is 0 Å². The van der Waals surface area contributed by atoms with Gasteiger partial charge in [-0.15, -0.1) is 5.10 Å². The molecule has 0 aliphatic heterocycles. The summed E-state index contributed by atoms with van der Waals surface area (Å²) in [6.07, 6.45) is 1.34. The fourth-order valence-electron chi connectivity index (χ4n) is 1.47. The highest BCUT2D eigenvalue weighted by atomic mass is 19.1. The van der Waals surface area contributed by atoms with Gasteiger partial charge in [0.05, 0.1) is 6.20 Å². The number of rotatable bonds is 3. The Morgan fingerprint density at radius 3 is 2.65 bits per heavy atom. The zero-order valence-electron chi connectivity index (χ0n) is 9.91. The average Bonchev–Trinajstić information content (AvgIpc) is 3.10. The van der Waals surface area contributed by atoms with Crippen LogP contribution in [0.1, 0.15) is 10.6 Å². The molecule has 100 valence electrons. The molecule has 1 N–H and O–H groups in total. The van der Waals surface area contributed by atoms with Crippen molar-refractivity contribution >= 4 is 11.9 Å². The number of carbonyl (C=O) groups excluding carboxylic acids is 1. The van der Waals surface area contributed by atoms with Crippen LogP contribution in [0.3, 0.4) is 0 Å². The van der Waals surface area contributed by atoms with E-state index in [2.05, 4.69) is 25.2 Å². The predicted octanol–water partition coefficient (Wildman–Crippen LogP) is 2.12. The van der Waals surface area contributed by atoms with Crippen molar-refractivity contribution in [3.63, 3.8) is 0 Å². The summed E-state index contributed by atoms with van der Waals surface area (Å²) in [6.45, 7) is 0. The van der Waals surface area contributed by atoms with Crippen molar-refractivity contribution in [1.82, 2.24) is 15.4 Å². The molecule has 3 aromatic rings. The Hall–Kier alpha value is -3.03. The van der Waals surface area contributed by atoms with Gasteiger partial charge in [-0.25, -0.2) is 4.39 Å². The molecule has 0 atom stereocenters. The van der Waals surface area contributed by atoms with Crippen LogP contribution in [-0.4, -0.2) is 21.3 Å². The van der Waals surface area contributed by atoms with Crippen molar-refractivity contribution in [3.05, 3.63) is 48.1 Å². The van der Waals surface area contributed by atoms with E-state index in [9.17, 15) is 9.18 Å². The first-order valence-electron chi connectivity index (χ1n) is 5.54. The molecule has 0 spiro atoms. The van der Waals surface area contributed by atoms with E-state index in [1.807, 2.05) is 0 Å². The van der Waals surface area contributed by atoms with Gasteiger partial charge in [-0.05, 0) is 24.3 Å². The number of aromatic nitrogens is 3. The number of nitrogens with one attached hydrogen (secondary N) is 1. The van der Waals surface area contributed by atoms with Crippen molar-refractivity contribution in [2.75, 3.05) is 5.32 Å².